The van der Waals surface area contributed by atoms with E-state index in [4.69, 9.17) is 11.6 Å². The molecule has 1 N–H and O–H groups in total. The number of benzene rings is 2. The number of rotatable bonds is 2. The highest BCUT2D eigenvalue weighted by Crippen LogP contribution is 2.36. The van der Waals surface area contributed by atoms with Crippen LogP contribution in [0, 0.1) is 13.8 Å². The molecule has 4 nitrogen and oxygen atoms in total. The fourth-order valence-corrected chi connectivity index (χ4v) is 3.75. The molecule has 0 atom stereocenters. The van der Waals surface area contributed by atoms with Crippen molar-refractivity contribution in [3.8, 4) is 11.1 Å². The Labute approximate surface area is 133 Å². The maximum atomic E-state index is 11.7. The molecule has 2 aromatic carbocycles. The number of aromatic nitrogens is 1. The van der Waals surface area contributed by atoms with Crippen LogP contribution in [0.2, 0.25) is 5.02 Å². The van der Waals surface area contributed by atoms with Crippen LogP contribution in [0.1, 0.15) is 11.3 Å². The van der Waals surface area contributed by atoms with Crippen molar-refractivity contribution in [2.75, 3.05) is 0 Å². The molecule has 22 heavy (non-hydrogen) atoms. The molecule has 0 bridgehead atoms. The summed E-state index contributed by atoms with van der Waals surface area (Å²) in [5, 5.41) is 1.38. The maximum absolute atomic E-state index is 11.7. The second-order valence-corrected chi connectivity index (χ2v) is 6.93. The number of nitrogens with zero attached hydrogens (tertiary/aromatic N) is 1. The van der Waals surface area contributed by atoms with E-state index in [1.807, 2.05) is 31.2 Å². The van der Waals surface area contributed by atoms with Crippen LogP contribution in [0.4, 0.5) is 0 Å². The third-order valence-corrected chi connectivity index (χ3v) is 4.85. The summed E-state index contributed by atoms with van der Waals surface area (Å²) in [5.74, 6) is 0. The largest absolute Gasteiger partial charge is 0.364 e. The fraction of sp³-hybridized carbons (Fsp3) is 0.125. The van der Waals surface area contributed by atoms with E-state index in [0.717, 1.165) is 26.0 Å². The summed E-state index contributed by atoms with van der Waals surface area (Å²) in [7, 11) is -4.38. The van der Waals surface area contributed by atoms with Gasteiger partial charge in [0.1, 0.15) is 0 Å². The lowest BCUT2D eigenvalue weighted by molar-refractivity contribution is 0.473. The third kappa shape index (κ3) is 2.41. The normalized spacial score (nSPS) is 12.0. The van der Waals surface area contributed by atoms with Gasteiger partial charge in [-0.15, -0.1) is 0 Å². The summed E-state index contributed by atoms with van der Waals surface area (Å²) in [6.07, 6.45) is 0. The lowest BCUT2D eigenvalue weighted by atomic mass is 10.0. The Bertz CT molecular complexity index is 973. The van der Waals surface area contributed by atoms with Crippen LogP contribution in [0.25, 0.3) is 22.0 Å². The molecule has 1 aromatic heterocycles. The second-order valence-electron chi connectivity index (χ2n) is 5.23. The van der Waals surface area contributed by atoms with Crippen LogP contribution in [0.15, 0.2) is 42.5 Å². The molecule has 1 heterocycles. The van der Waals surface area contributed by atoms with Crippen molar-refractivity contribution in [1.82, 2.24) is 3.97 Å². The molecule has 0 aliphatic carbocycles. The maximum Gasteiger partial charge on any atom is 0.364 e. The summed E-state index contributed by atoms with van der Waals surface area (Å²) in [4.78, 5) is 0. The Balaban J connectivity index is 2.46. The van der Waals surface area contributed by atoms with Crippen molar-refractivity contribution >= 4 is 32.8 Å². The SMILES string of the molecule is Cc1ccc2c(c1)c(-c1ccc(Cl)cc1)c(C)n2S(=O)(=O)O. The standard InChI is InChI=1S/C16H14ClNO3S/c1-10-3-8-15-14(9-10)16(11(2)18(15)22(19,20)21)12-4-6-13(17)7-5-12/h3-9H,1-2H3,(H,19,20,21). The molecule has 0 aliphatic heterocycles. The van der Waals surface area contributed by atoms with E-state index in [2.05, 4.69) is 0 Å². The highest BCUT2D eigenvalue weighted by atomic mass is 35.5. The summed E-state index contributed by atoms with van der Waals surface area (Å²) >= 11 is 5.92. The average Bonchev–Trinajstić information content (AvgIpc) is 2.71. The molecule has 0 saturated carbocycles. The zero-order valence-corrected chi connectivity index (χ0v) is 13.6. The molecule has 3 aromatic rings. The zero-order chi connectivity index (χ0) is 16.1. The first-order chi connectivity index (χ1) is 10.3. The lowest BCUT2D eigenvalue weighted by Crippen LogP contribution is -2.12. The minimum Gasteiger partial charge on any atom is -0.269 e. The van der Waals surface area contributed by atoms with E-state index in [0.29, 0.717) is 16.2 Å². The molecule has 0 aliphatic rings. The van der Waals surface area contributed by atoms with Gasteiger partial charge in [0, 0.05) is 21.7 Å². The van der Waals surface area contributed by atoms with E-state index >= 15 is 0 Å². The van der Waals surface area contributed by atoms with Gasteiger partial charge in [0.15, 0.2) is 0 Å². The number of aryl methyl sites for hydroxylation is 1. The molecule has 0 radical (unpaired) electrons. The van der Waals surface area contributed by atoms with Gasteiger partial charge in [-0.05, 0) is 43.7 Å². The van der Waals surface area contributed by atoms with Gasteiger partial charge in [-0.1, -0.05) is 35.4 Å². The van der Waals surface area contributed by atoms with E-state index in [1.165, 1.54) is 0 Å². The Kier molecular flexibility index (Phi) is 3.51. The molecule has 0 unspecified atom stereocenters. The van der Waals surface area contributed by atoms with E-state index in [9.17, 15) is 13.0 Å². The molecule has 6 heteroatoms. The molecule has 114 valence electrons. The smallest absolute Gasteiger partial charge is 0.269 e. The highest BCUT2D eigenvalue weighted by molar-refractivity contribution is 7.84. The van der Waals surface area contributed by atoms with Gasteiger partial charge in [0.05, 0.1) is 5.52 Å². The van der Waals surface area contributed by atoms with Gasteiger partial charge in [-0.2, -0.15) is 8.42 Å². The van der Waals surface area contributed by atoms with Crippen LogP contribution in [-0.4, -0.2) is 16.9 Å². The van der Waals surface area contributed by atoms with Gasteiger partial charge < -0.3 is 0 Å². The first-order valence-corrected chi connectivity index (χ1v) is 8.42. The van der Waals surface area contributed by atoms with Crippen molar-refractivity contribution in [3.05, 3.63) is 58.7 Å². The van der Waals surface area contributed by atoms with Gasteiger partial charge in [0.25, 0.3) is 0 Å². The molecule has 0 saturated heterocycles. The monoisotopic (exact) mass is 335 g/mol. The Morgan fingerprint density at radius 3 is 2.27 bits per heavy atom. The van der Waals surface area contributed by atoms with Crippen molar-refractivity contribution in [3.63, 3.8) is 0 Å². The van der Waals surface area contributed by atoms with Crippen molar-refractivity contribution in [1.29, 1.82) is 0 Å². The molecule has 0 amide bonds. The Morgan fingerprint density at radius 2 is 1.68 bits per heavy atom. The fourth-order valence-electron chi connectivity index (χ4n) is 2.78. The predicted octanol–water partition coefficient (Wildman–Crippen LogP) is 4.23. The van der Waals surface area contributed by atoms with E-state index < -0.39 is 10.3 Å². The molecular formula is C16H14ClNO3S. The lowest BCUT2D eigenvalue weighted by Gasteiger charge is -2.05. The molecule has 0 fully saturated rings. The second kappa shape index (κ2) is 5.12. The molecule has 0 spiro atoms. The number of fused-ring (bicyclic) bond motifs is 1. The van der Waals surface area contributed by atoms with Gasteiger partial charge in [-0.3, -0.25) is 4.55 Å². The quantitative estimate of drug-likeness (QED) is 0.713. The number of hydrogen-bond acceptors (Lipinski definition) is 2. The van der Waals surface area contributed by atoms with Crippen molar-refractivity contribution in [2.45, 2.75) is 13.8 Å². The summed E-state index contributed by atoms with van der Waals surface area (Å²) in [6.45, 7) is 3.61. The van der Waals surface area contributed by atoms with Gasteiger partial charge in [-0.25, -0.2) is 3.97 Å². The first kappa shape index (κ1) is 15.1. The van der Waals surface area contributed by atoms with Crippen LogP contribution in [0.3, 0.4) is 0 Å². The topological polar surface area (TPSA) is 59.3 Å². The van der Waals surface area contributed by atoms with E-state index in [-0.39, 0.29) is 0 Å². The molecular weight excluding hydrogens is 322 g/mol. The predicted molar refractivity (Wildman–Crippen MR) is 88.8 cm³/mol. The number of halogens is 1. The highest BCUT2D eigenvalue weighted by Gasteiger charge is 2.22. The van der Waals surface area contributed by atoms with E-state index in [1.54, 1.807) is 25.1 Å². The van der Waals surface area contributed by atoms with Gasteiger partial charge in [0.2, 0.25) is 0 Å². The van der Waals surface area contributed by atoms with Crippen LogP contribution in [0.5, 0.6) is 0 Å². The van der Waals surface area contributed by atoms with Crippen LogP contribution < -0.4 is 0 Å². The minimum absolute atomic E-state index is 0.454. The zero-order valence-electron chi connectivity index (χ0n) is 12.0. The van der Waals surface area contributed by atoms with Crippen molar-refractivity contribution < 1.29 is 13.0 Å². The Hall–Kier alpha value is -1.82. The summed E-state index contributed by atoms with van der Waals surface area (Å²) in [6, 6.07) is 12.6. The summed E-state index contributed by atoms with van der Waals surface area (Å²) < 4.78 is 34.0. The van der Waals surface area contributed by atoms with Crippen LogP contribution >= 0.6 is 11.6 Å². The van der Waals surface area contributed by atoms with Crippen LogP contribution in [-0.2, 0) is 10.3 Å². The first-order valence-electron chi connectivity index (χ1n) is 6.64. The summed E-state index contributed by atoms with van der Waals surface area (Å²) in [5.41, 5.74) is 3.55. The van der Waals surface area contributed by atoms with Gasteiger partial charge >= 0.3 is 10.3 Å². The average molecular weight is 336 g/mol. The third-order valence-electron chi connectivity index (χ3n) is 3.67. The molecule has 3 rings (SSSR count). The minimum atomic E-state index is -4.38. The Morgan fingerprint density at radius 1 is 1.05 bits per heavy atom. The number of hydrogen-bond donors (Lipinski definition) is 1. The van der Waals surface area contributed by atoms with Crippen molar-refractivity contribution in [2.24, 2.45) is 0 Å².